The summed E-state index contributed by atoms with van der Waals surface area (Å²) in [5, 5.41) is 7.00. The molecule has 2 unspecified atom stereocenters. The van der Waals surface area contributed by atoms with Crippen molar-refractivity contribution in [3.63, 3.8) is 0 Å². The molecule has 11 heavy (non-hydrogen) atoms. The standard InChI is InChI=1S/C9H18N2/c1-2-8-6-11-5-3-9(8)7-10-4-1/h8-11H,1-7H2. The van der Waals surface area contributed by atoms with Crippen molar-refractivity contribution in [1.29, 1.82) is 0 Å². The Balaban J connectivity index is 1.93. The molecule has 2 atom stereocenters. The van der Waals surface area contributed by atoms with Gasteiger partial charge >= 0.3 is 0 Å². The highest BCUT2D eigenvalue weighted by atomic mass is 14.9. The van der Waals surface area contributed by atoms with Gasteiger partial charge in [0.15, 0.2) is 0 Å². The van der Waals surface area contributed by atoms with Crippen LogP contribution in [0, 0.1) is 11.8 Å². The first kappa shape index (κ1) is 7.56. The molecule has 2 N–H and O–H groups in total. The van der Waals surface area contributed by atoms with Crippen LogP contribution in [0.15, 0.2) is 0 Å². The molecule has 2 heteroatoms. The molecule has 0 amide bonds. The minimum absolute atomic E-state index is 0.971. The van der Waals surface area contributed by atoms with E-state index in [-0.39, 0.29) is 0 Å². The quantitative estimate of drug-likeness (QED) is 0.534. The van der Waals surface area contributed by atoms with Crippen LogP contribution < -0.4 is 10.6 Å². The molecule has 0 saturated carbocycles. The Kier molecular flexibility index (Phi) is 2.44. The van der Waals surface area contributed by atoms with Crippen molar-refractivity contribution in [2.24, 2.45) is 11.8 Å². The topological polar surface area (TPSA) is 24.1 Å². The van der Waals surface area contributed by atoms with Crippen LogP contribution >= 0.6 is 0 Å². The molecule has 0 aliphatic carbocycles. The zero-order valence-corrected chi connectivity index (χ0v) is 7.10. The lowest BCUT2D eigenvalue weighted by Gasteiger charge is -2.30. The third-order valence-electron chi connectivity index (χ3n) is 3.10. The van der Waals surface area contributed by atoms with Gasteiger partial charge in [0, 0.05) is 0 Å². The fourth-order valence-electron chi connectivity index (χ4n) is 2.36. The molecule has 2 aliphatic heterocycles. The monoisotopic (exact) mass is 154 g/mol. The Morgan fingerprint density at radius 1 is 0.818 bits per heavy atom. The Hall–Kier alpha value is -0.0800. The smallest absolute Gasteiger partial charge is 0.00169 e. The molecule has 2 aliphatic rings. The zero-order valence-electron chi connectivity index (χ0n) is 7.10. The number of hydrogen-bond acceptors (Lipinski definition) is 2. The predicted octanol–water partition coefficient (Wildman–Crippen LogP) is 0.595. The predicted molar refractivity (Wildman–Crippen MR) is 46.6 cm³/mol. The highest BCUT2D eigenvalue weighted by Crippen LogP contribution is 2.24. The summed E-state index contributed by atoms with van der Waals surface area (Å²) in [5.74, 6) is 1.94. The van der Waals surface area contributed by atoms with E-state index in [2.05, 4.69) is 10.6 Å². The van der Waals surface area contributed by atoms with E-state index in [4.69, 9.17) is 0 Å². The van der Waals surface area contributed by atoms with Gasteiger partial charge in [-0.05, 0) is 57.3 Å². The van der Waals surface area contributed by atoms with E-state index in [1.54, 1.807) is 0 Å². The van der Waals surface area contributed by atoms with Gasteiger partial charge in [-0.3, -0.25) is 0 Å². The number of fused-ring (bicyclic) bond motifs is 1. The Morgan fingerprint density at radius 3 is 2.45 bits per heavy atom. The van der Waals surface area contributed by atoms with E-state index in [0.717, 1.165) is 11.8 Å². The number of hydrogen-bond donors (Lipinski definition) is 2. The first-order valence-electron chi connectivity index (χ1n) is 4.88. The average Bonchev–Trinajstić information content (AvgIpc) is 2.28. The Bertz CT molecular complexity index is 111. The molecule has 0 bridgehead atoms. The molecule has 2 saturated heterocycles. The van der Waals surface area contributed by atoms with Gasteiger partial charge in [0.05, 0.1) is 0 Å². The van der Waals surface area contributed by atoms with E-state index in [1.165, 1.54) is 45.4 Å². The van der Waals surface area contributed by atoms with Crippen LogP contribution in [0.5, 0.6) is 0 Å². The molecular formula is C9H18N2. The van der Waals surface area contributed by atoms with Crippen LogP contribution in [0.1, 0.15) is 19.3 Å². The molecule has 2 nitrogen and oxygen atoms in total. The fourth-order valence-corrected chi connectivity index (χ4v) is 2.36. The highest BCUT2D eigenvalue weighted by Gasteiger charge is 2.25. The van der Waals surface area contributed by atoms with Gasteiger partial charge in [-0.1, -0.05) is 0 Å². The van der Waals surface area contributed by atoms with Crippen molar-refractivity contribution in [2.45, 2.75) is 19.3 Å². The molecular weight excluding hydrogens is 136 g/mol. The molecule has 0 aromatic heterocycles. The van der Waals surface area contributed by atoms with Gasteiger partial charge < -0.3 is 10.6 Å². The zero-order chi connectivity index (χ0) is 7.52. The van der Waals surface area contributed by atoms with Gasteiger partial charge in [0.1, 0.15) is 0 Å². The van der Waals surface area contributed by atoms with Crippen LogP contribution in [0.2, 0.25) is 0 Å². The molecule has 0 spiro atoms. The highest BCUT2D eigenvalue weighted by molar-refractivity contribution is 4.81. The molecule has 2 fully saturated rings. The third kappa shape index (κ3) is 1.74. The minimum Gasteiger partial charge on any atom is -0.316 e. The molecule has 0 aromatic carbocycles. The Labute approximate surface area is 68.7 Å². The van der Waals surface area contributed by atoms with E-state index in [1.807, 2.05) is 0 Å². The summed E-state index contributed by atoms with van der Waals surface area (Å²) in [6.45, 7) is 5.02. The van der Waals surface area contributed by atoms with Gasteiger partial charge in [-0.25, -0.2) is 0 Å². The first-order valence-corrected chi connectivity index (χ1v) is 4.88. The molecule has 64 valence electrons. The van der Waals surface area contributed by atoms with Crippen molar-refractivity contribution >= 4 is 0 Å². The average molecular weight is 154 g/mol. The molecule has 0 aromatic rings. The van der Waals surface area contributed by atoms with Gasteiger partial charge in [0.2, 0.25) is 0 Å². The summed E-state index contributed by atoms with van der Waals surface area (Å²) in [4.78, 5) is 0. The van der Waals surface area contributed by atoms with Crippen molar-refractivity contribution < 1.29 is 0 Å². The fraction of sp³-hybridized carbons (Fsp3) is 1.00. The summed E-state index contributed by atoms with van der Waals surface area (Å²) < 4.78 is 0. The van der Waals surface area contributed by atoms with Crippen LogP contribution in [0.25, 0.3) is 0 Å². The van der Waals surface area contributed by atoms with E-state index < -0.39 is 0 Å². The van der Waals surface area contributed by atoms with Crippen LogP contribution in [0.3, 0.4) is 0 Å². The summed E-state index contributed by atoms with van der Waals surface area (Å²) in [6, 6.07) is 0. The Morgan fingerprint density at radius 2 is 1.55 bits per heavy atom. The largest absolute Gasteiger partial charge is 0.316 e. The maximum Gasteiger partial charge on any atom is -0.00169 e. The van der Waals surface area contributed by atoms with E-state index in [0.29, 0.717) is 0 Å². The molecule has 2 heterocycles. The van der Waals surface area contributed by atoms with Gasteiger partial charge in [-0.15, -0.1) is 0 Å². The maximum atomic E-state index is 3.52. The van der Waals surface area contributed by atoms with Crippen LogP contribution in [-0.2, 0) is 0 Å². The second-order valence-corrected chi connectivity index (χ2v) is 3.86. The van der Waals surface area contributed by atoms with Gasteiger partial charge in [0.25, 0.3) is 0 Å². The SMILES string of the molecule is C1CNCC2CCNCC2C1. The van der Waals surface area contributed by atoms with Gasteiger partial charge in [-0.2, -0.15) is 0 Å². The normalized spacial score (nSPS) is 39.3. The summed E-state index contributed by atoms with van der Waals surface area (Å²) in [6.07, 6.45) is 4.20. The number of piperidine rings is 1. The lowest BCUT2D eigenvalue weighted by atomic mass is 9.84. The summed E-state index contributed by atoms with van der Waals surface area (Å²) in [7, 11) is 0. The van der Waals surface area contributed by atoms with Crippen molar-refractivity contribution in [3.8, 4) is 0 Å². The van der Waals surface area contributed by atoms with Crippen molar-refractivity contribution in [3.05, 3.63) is 0 Å². The third-order valence-corrected chi connectivity index (χ3v) is 3.10. The number of nitrogens with one attached hydrogen (secondary N) is 2. The van der Waals surface area contributed by atoms with E-state index >= 15 is 0 Å². The maximum absolute atomic E-state index is 3.52. The van der Waals surface area contributed by atoms with Crippen molar-refractivity contribution in [1.82, 2.24) is 10.6 Å². The van der Waals surface area contributed by atoms with Crippen LogP contribution in [-0.4, -0.2) is 26.2 Å². The summed E-state index contributed by atoms with van der Waals surface area (Å²) in [5.41, 5.74) is 0. The van der Waals surface area contributed by atoms with Crippen molar-refractivity contribution in [2.75, 3.05) is 26.2 Å². The van der Waals surface area contributed by atoms with E-state index in [9.17, 15) is 0 Å². The summed E-state index contributed by atoms with van der Waals surface area (Å²) >= 11 is 0. The first-order chi connectivity index (χ1) is 5.47. The number of rotatable bonds is 0. The lowest BCUT2D eigenvalue weighted by molar-refractivity contribution is 0.252. The molecule has 0 radical (unpaired) electrons. The molecule has 2 rings (SSSR count). The lowest BCUT2D eigenvalue weighted by Crippen LogP contribution is -2.39. The van der Waals surface area contributed by atoms with Crippen LogP contribution in [0.4, 0.5) is 0 Å². The second-order valence-electron chi connectivity index (χ2n) is 3.86. The second kappa shape index (κ2) is 3.55. The minimum atomic E-state index is 0.971.